The van der Waals surface area contributed by atoms with Crippen LogP contribution < -0.4 is 10.2 Å². The molecular weight excluding hydrogens is 402 g/mol. The predicted molar refractivity (Wildman–Crippen MR) is 111 cm³/mol. The number of carbonyl (C=O) groups is 2. The zero-order chi connectivity index (χ0) is 22.4. The summed E-state index contributed by atoms with van der Waals surface area (Å²) < 4.78 is 6.25. The molecule has 0 saturated heterocycles. The Morgan fingerprint density at radius 3 is 2.90 bits per heavy atom. The molecule has 0 spiro atoms. The summed E-state index contributed by atoms with van der Waals surface area (Å²) in [5.74, 6) is -0.185. The van der Waals surface area contributed by atoms with Crippen molar-refractivity contribution in [2.24, 2.45) is 5.92 Å². The highest BCUT2D eigenvalue weighted by atomic mass is 16.7. The van der Waals surface area contributed by atoms with Crippen LogP contribution in [0.1, 0.15) is 57.1 Å². The Morgan fingerprint density at radius 1 is 1.45 bits per heavy atom. The topological polar surface area (TPSA) is 125 Å². The van der Waals surface area contributed by atoms with Gasteiger partial charge in [-0.25, -0.2) is 0 Å². The van der Waals surface area contributed by atoms with Crippen molar-refractivity contribution >= 4 is 12.3 Å². The van der Waals surface area contributed by atoms with E-state index in [-0.39, 0.29) is 24.5 Å². The van der Waals surface area contributed by atoms with Gasteiger partial charge in [0.05, 0.1) is 17.1 Å². The van der Waals surface area contributed by atoms with Crippen LogP contribution in [0.2, 0.25) is 0 Å². The second kappa shape index (κ2) is 7.84. The van der Waals surface area contributed by atoms with Crippen molar-refractivity contribution in [1.82, 2.24) is 5.48 Å². The number of aliphatic hydroxyl groups is 1. The third kappa shape index (κ3) is 3.11. The Bertz CT molecular complexity index is 929. The van der Waals surface area contributed by atoms with E-state index in [1.54, 1.807) is 12.1 Å². The van der Waals surface area contributed by atoms with Gasteiger partial charge in [-0.05, 0) is 49.3 Å². The monoisotopic (exact) mass is 431 g/mol. The van der Waals surface area contributed by atoms with E-state index in [0.29, 0.717) is 37.1 Å². The molecule has 1 heterocycles. The molecule has 0 amide bonds. The molecule has 0 bridgehead atoms. The maximum Gasteiger partial charge on any atom is 0.303 e. The minimum atomic E-state index is -1.07. The fraction of sp³-hybridized carbons (Fsp3) is 0.565. The van der Waals surface area contributed by atoms with E-state index >= 15 is 0 Å². The second-order valence-corrected chi connectivity index (χ2v) is 8.90. The standard InChI is InChI=1S/C23H29NO7/c1-3-9-22-19-14-4-6-16(26)20(19)30-21(22)17(8-10-23(22,29)13(2)11-14)31-24-15(12-25)5-7-18(27)28/h4,6,8,12-13,15,21,24,26,29H,3,5,7,9-11H2,1-2H3,(H,27,28)/t13-,15+,21+,22+,23-/m1/s1. The maximum absolute atomic E-state index is 12.0. The van der Waals surface area contributed by atoms with Crippen LogP contribution in [0.3, 0.4) is 0 Å². The number of rotatable bonds is 9. The number of phenolic OH excluding ortho intramolecular Hbond substituents is 1. The molecule has 8 heteroatoms. The van der Waals surface area contributed by atoms with Gasteiger partial charge >= 0.3 is 5.97 Å². The summed E-state index contributed by atoms with van der Waals surface area (Å²) in [6.45, 7) is 4.08. The smallest absolute Gasteiger partial charge is 0.303 e. The number of aliphatic carboxylic acids is 1. The number of carboxylic acids is 1. The van der Waals surface area contributed by atoms with Gasteiger partial charge in [-0.1, -0.05) is 26.3 Å². The van der Waals surface area contributed by atoms with Crippen LogP contribution >= 0.6 is 0 Å². The third-order valence-electron chi connectivity index (χ3n) is 7.15. The molecule has 0 radical (unpaired) electrons. The molecule has 2 aliphatic carbocycles. The van der Waals surface area contributed by atoms with Crippen molar-refractivity contribution in [3.63, 3.8) is 0 Å². The Labute approximate surface area is 180 Å². The lowest BCUT2D eigenvalue weighted by molar-refractivity contribution is -0.138. The molecule has 8 nitrogen and oxygen atoms in total. The van der Waals surface area contributed by atoms with Gasteiger partial charge in [-0.3, -0.25) is 4.79 Å². The van der Waals surface area contributed by atoms with Crippen molar-refractivity contribution in [3.05, 3.63) is 35.1 Å². The summed E-state index contributed by atoms with van der Waals surface area (Å²) in [4.78, 5) is 28.0. The summed E-state index contributed by atoms with van der Waals surface area (Å²) >= 11 is 0. The molecule has 168 valence electrons. The van der Waals surface area contributed by atoms with Crippen LogP contribution in [-0.2, 0) is 26.3 Å². The largest absolute Gasteiger partial charge is 0.504 e. The highest BCUT2D eigenvalue weighted by Gasteiger charge is 2.68. The lowest BCUT2D eigenvalue weighted by atomic mass is 9.50. The molecule has 5 atom stereocenters. The number of nitrogens with one attached hydrogen (secondary N) is 1. The van der Waals surface area contributed by atoms with Crippen molar-refractivity contribution in [2.75, 3.05) is 0 Å². The number of benzene rings is 1. The van der Waals surface area contributed by atoms with Gasteiger partial charge in [0.2, 0.25) is 0 Å². The molecular formula is C23H29NO7. The van der Waals surface area contributed by atoms with Crippen LogP contribution in [0.5, 0.6) is 11.5 Å². The summed E-state index contributed by atoms with van der Waals surface area (Å²) in [6, 6.07) is 2.73. The van der Waals surface area contributed by atoms with Gasteiger partial charge in [0.1, 0.15) is 6.29 Å². The number of ether oxygens (including phenoxy) is 1. The lowest BCUT2D eigenvalue weighted by Crippen LogP contribution is -2.65. The van der Waals surface area contributed by atoms with Crippen LogP contribution in [0.25, 0.3) is 0 Å². The molecule has 1 aromatic carbocycles. The molecule has 1 aliphatic heterocycles. The van der Waals surface area contributed by atoms with Gasteiger partial charge in [0.25, 0.3) is 0 Å². The normalized spacial score (nSPS) is 31.3. The fourth-order valence-corrected chi connectivity index (χ4v) is 5.71. The Hall–Kier alpha value is -2.58. The zero-order valence-corrected chi connectivity index (χ0v) is 17.8. The predicted octanol–water partition coefficient (Wildman–Crippen LogP) is 2.36. The molecule has 0 aromatic heterocycles. The first-order chi connectivity index (χ1) is 14.8. The molecule has 3 aliphatic rings. The summed E-state index contributed by atoms with van der Waals surface area (Å²) in [5, 5.41) is 31.4. The number of carboxylic acid groups (broad SMARTS) is 1. The second-order valence-electron chi connectivity index (χ2n) is 8.90. The van der Waals surface area contributed by atoms with E-state index in [1.165, 1.54) is 0 Å². The average Bonchev–Trinajstić information content (AvgIpc) is 3.09. The fourth-order valence-electron chi connectivity index (χ4n) is 5.71. The van der Waals surface area contributed by atoms with Crippen molar-refractivity contribution in [1.29, 1.82) is 0 Å². The molecule has 0 fully saturated rings. The minimum absolute atomic E-state index is 0.0278. The third-order valence-corrected chi connectivity index (χ3v) is 7.15. The first kappa shape index (κ1) is 21.6. The van der Waals surface area contributed by atoms with Crippen LogP contribution in [0, 0.1) is 5.92 Å². The number of aromatic hydroxyl groups is 1. The van der Waals surface area contributed by atoms with Crippen LogP contribution in [0.15, 0.2) is 24.0 Å². The van der Waals surface area contributed by atoms with Gasteiger partial charge in [0.15, 0.2) is 23.4 Å². The molecule has 31 heavy (non-hydrogen) atoms. The number of hydrogen-bond donors (Lipinski definition) is 4. The molecule has 0 saturated carbocycles. The molecule has 4 rings (SSSR count). The minimum Gasteiger partial charge on any atom is -0.504 e. The highest BCUT2D eigenvalue weighted by Crippen LogP contribution is 2.64. The maximum atomic E-state index is 12.0. The summed E-state index contributed by atoms with van der Waals surface area (Å²) in [7, 11) is 0. The van der Waals surface area contributed by atoms with Gasteiger partial charge < -0.3 is 29.7 Å². The summed E-state index contributed by atoms with van der Waals surface area (Å²) in [6.07, 6.45) is 4.10. The van der Waals surface area contributed by atoms with E-state index in [4.69, 9.17) is 14.7 Å². The van der Waals surface area contributed by atoms with Crippen molar-refractivity contribution < 1.29 is 34.5 Å². The summed E-state index contributed by atoms with van der Waals surface area (Å²) in [5.41, 5.74) is 2.71. The first-order valence-electron chi connectivity index (χ1n) is 10.8. The van der Waals surface area contributed by atoms with E-state index < -0.39 is 29.1 Å². The van der Waals surface area contributed by atoms with E-state index in [0.717, 1.165) is 17.5 Å². The number of hydroxylamine groups is 1. The lowest BCUT2D eigenvalue weighted by Gasteiger charge is -2.55. The molecule has 0 unspecified atom stereocenters. The van der Waals surface area contributed by atoms with E-state index in [2.05, 4.69) is 5.48 Å². The molecule has 1 aromatic rings. The highest BCUT2D eigenvalue weighted by molar-refractivity contribution is 5.68. The van der Waals surface area contributed by atoms with Crippen LogP contribution in [0.4, 0.5) is 0 Å². The first-order valence-corrected chi connectivity index (χ1v) is 10.8. The van der Waals surface area contributed by atoms with Crippen LogP contribution in [-0.4, -0.2) is 45.3 Å². The van der Waals surface area contributed by atoms with Gasteiger partial charge in [0, 0.05) is 12.0 Å². The Kier molecular flexibility index (Phi) is 5.47. The number of hydrogen-bond acceptors (Lipinski definition) is 7. The Morgan fingerprint density at radius 2 is 2.23 bits per heavy atom. The van der Waals surface area contributed by atoms with Crippen molar-refractivity contribution in [3.8, 4) is 11.5 Å². The average molecular weight is 431 g/mol. The van der Waals surface area contributed by atoms with E-state index in [1.807, 2.05) is 19.9 Å². The number of phenols is 1. The molecule has 4 N–H and O–H groups in total. The van der Waals surface area contributed by atoms with Crippen molar-refractivity contribution in [2.45, 2.75) is 75.5 Å². The number of aldehydes is 1. The van der Waals surface area contributed by atoms with Gasteiger partial charge in [-0.2, -0.15) is 0 Å². The van der Waals surface area contributed by atoms with E-state index in [9.17, 15) is 19.8 Å². The quantitative estimate of drug-likeness (QED) is 0.347. The van der Waals surface area contributed by atoms with Gasteiger partial charge in [-0.15, -0.1) is 5.48 Å². The zero-order valence-electron chi connectivity index (χ0n) is 17.8. The SMILES string of the molecule is CCC[C@]12c3c4ccc(O)c3O[C@H]1C(ON[C@H](C=O)CCC(=O)O)=CC[C@@]2(O)[C@H](C)C4. The number of carbonyl (C=O) groups excluding carboxylic acids is 1. The Balaban J connectivity index is 1.71.